The molecule has 164 valence electrons. The molecular weight excluding hydrogens is 426 g/mol. The van der Waals surface area contributed by atoms with E-state index < -0.39 is 23.5 Å². The molecule has 1 aromatic heterocycles. The molecule has 1 N–H and O–H groups in total. The van der Waals surface area contributed by atoms with Crippen LogP contribution in [0.4, 0.5) is 17.6 Å². The van der Waals surface area contributed by atoms with E-state index in [4.69, 9.17) is 4.74 Å². The van der Waals surface area contributed by atoms with Crippen molar-refractivity contribution in [2.45, 2.75) is 25.1 Å². The minimum Gasteiger partial charge on any atom is -0.481 e. The minimum absolute atomic E-state index is 0.0157. The number of rotatable bonds is 5. The molecule has 0 aliphatic heterocycles. The van der Waals surface area contributed by atoms with Crippen molar-refractivity contribution >= 4 is 5.97 Å². The first-order chi connectivity index (χ1) is 15.2. The Morgan fingerprint density at radius 2 is 1.81 bits per heavy atom. The van der Waals surface area contributed by atoms with Crippen molar-refractivity contribution in [3.63, 3.8) is 0 Å². The van der Waals surface area contributed by atoms with Crippen molar-refractivity contribution in [2.24, 2.45) is 11.8 Å². The molecule has 0 radical (unpaired) electrons. The fourth-order valence-electron chi connectivity index (χ4n) is 4.55. The molecule has 0 amide bonds. The summed E-state index contributed by atoms with van der Waals surface area (Å²) >= 11 is 0. The third kappa shape index (κ3) is 3.59. The summed E-state index contributed by atoms with van der Waals surface area (Å²) in [6, 6.07) is 10.7. The standard InChI is InChI=1S/C24H17F4NO3/c25-19-6-3-13(12-1-4-16(5-2-12)24(26,27)28)7-15(19)11-32-20-9-14-8-17-21(18(14)10-29-20)22(17)23(30)31/h1-7,9-10,17,21-22H,8,11H2,(H,30,31). The molecular formula is C24H17F4NO3. The largest absolute Gasteiger partial charge is 0.481 e. The van der Waals surface area contributed by atoms with Gasteiger partial charge in [-0.15, -0.1) is 0 Å². The fourth-order valence-corrected chi connectivity index (χ4v) is 4.55. The predicted octanol–water partition coefficient (Wildman–Crippen LogP) is 5.46. The van der Waals surface area contributed by atoms with Crippen molar-refractivity contribution in [1.82, 2.24) is 4.98 Å². The minimum atomic E-state index is -4.42. The van der Waals surface area contributed by atoms with E-state index in [1.807, 2.05) is 0 Å². The van der Waals surface area contributed by atoms with Crippen molar-refractivity contribution in [2.75, 3.05) is 0 Å². The van der Waals surface area contributed by atoms with Crippen LogP contribution >= 0.6 is 0 Å². The Kier molecular flexibility index (Phi) is 4.69. The van der Waals surface area contributed by atoms with Crippen LogP contribution in [-0.2, 0) is 24.0 Å². The normalized spacial score (nSPS) is 21.1. The molecule has 1 heterocycles. The molecule has 0 saturated heterocycles. The van der Waals surface area contributed by atoms with E-state index >= 15 is 0 Å². The van der Waals surface area contributed by atoms with Gasteiger partial charge in [-0.3, -0.25) is 4.79 Å². The fraction of sp³-hybridized carbons (Fsp3) is 0.250. The summed E-state index contributed by atoms with van der Waals surface area (Å²) in [5.74, 6) is -1.17. The van der Waals surface area contributed by atoms with E-state index in [0.29, 0.717) is 23.4 Å². The highest BCUT2D eigenvalue weighted by molar-refractivity contribution is 5.77. The van der Waals surface area contributed by atoms with Crippen LogP contribution in [0.15, 0.2) is 54.7 Å². The van der Waals surface area contributed by atoms with Gasteiger partial charge in [0, 0.05) is 23.7 Å². The molecule has 2 aromatic carbocycles. The number of ether oxygens (including phenoxy) is 1. The Balaban J connectivity index is 1.30. The van der Waals surface area contributed by atoms with Crippen molar-refractivity contribution in [3.05, 3.63) is 82.8 Å². The van der Waals surface area contributed by atoms with Gasteiger partial charge in [0.1, 0.15) is 12.4 Å². The highest BCUT2D eigenvalue weighted by Crippen LogP contribution is 2.61. The lowest BCUT2D eigenvalue weighted by molar-refractivity contribution is -0.139. The van der Waals surface area contributed by atoms with Gasteiger partial charge < -0.3 is 9.84 Å². The maximum absolute atomic E-state index is 14.3. The Morgan fingerprint density at radius 3 is 2.50 bits per heavy atom. The lowest BCUT2D eigenvalue weighted by Crippen LogP contribution is -2.06. The molecule has 4 nitrogen and oxygen atoms in total. The van der Waals surface area contributed by atoms with Crippen LogP contribution in [0.3, 0.4) is 0 Å². The summed E-state index contributed by atoms with van der Waals surface area (Å²) in [6.07, 6.45) is -2.13. The second-order valence-corrected chi connectivity index (χ2v) is 8.15. The first-order valence-electron chi connectivity index (χ1n) is 10.0. The maximum atomic E-state index is 14.3. The quantitative estimate of drug-likeness (QED) is 0.533. The number of halogens is 4. The van der Waals surface area contributed by atoms with E-state index in [-0.39, 0.29) is 29.9 Å². The lowest BCUT2D eigenvalue weighted by Gasteiger charge is -2.12. The second-order valence-electron chi connectivity index (χ2n) is 8.15. The third-order valence-corrected chi connectivity index (χ3v) is 6.23. The van der Waals surface area contributed by atoms with Gasteiger partial charge in [-0.05, 0) is 58.9 Å². The van der Waals surface area contributed by atoms with Gasteiger partial charge >= 0.3 is 12.1 Å². The molecule has 3 atom stereocenters. The topological polar surface area (TPSA) is 59.4 Å². The number of aromatic nitrogens is 1. The zero-order valence-electron chi connectivity index (χ0n) is 16.6. The average molecular weight is 443 g/mol. The SMILES string of the molecule is O=C(O)C1C2Cc3cc(OCc4cc(-c5ccc(C(F)(F)F)cc5)ccc4F)ncc3C21. The number of nitrogens with zero attached hydrogens (tertiary/aromatic N) is 1. The van der Waals surface area contributed by atoms with Crippen LogP contribution in [0.2, 0.25) is 0 Å². The van der Waals surface area contributed by atoms with E-state index in [9.17, 15) is 27.5 Å². The molecule has 32 heavy (non-hydrogen) atoms. The molecule has 2 aliphatic rings. The lowest BCUT2D eigenvalue weighted by atomic mass is 10.0. The van der Waals surface area contributed by atoms with Crippen molar-refractivity contribution < 1.29 is 32.2 Å². The Morgan fingerprint density at radius 1 is 1.09 bits per heavy atom. The number of carboxylic acid groups (broad SMARTS) is 1. The van der Waals surface area contributed by atoms with Gasteiger partial charge in [0.2, 0.25) is 5.88 Å². The van der Waals surface area contributed by atoms with Crippen LogP contribution in [0.5, 0.6) is 5.88 Å². The Labute approximate surface area is 180 Å². The van der Waals surface area contributed by atoms with Gasteiger partial charge in [-0.2, -0.15) is 13.2 Å². The maximum Gasteiger partial charge on any atom is 0.416 e. The van der Waals surface area contributed by atoms with Gasteiger partial charge in [0.15, 0.2) is 0 Å². The summed E-state index contributed by atoms with van der Waals surface area (Å²) in [6.45, 7) is -0.100. The number of pyridine rings is 1. The van der Waals surface area contributed by atoms with Crippen LogP contribution in [-0.4, -0.2) is 16.1 Å². The van der Waals surface area contributed by atoms with E-state index in [2.05, 4.69) is 4.98 Å². The van der Waals surface area contributed by atoms with Crippen LogP contribution in [0, 0.1) is 17.7 Å². The van der Waals surface area contributed by atoms with Crippen molar-refractivity contribution in [1.29, 1.82) is 0 Å². The summed E-state index contributed by atoms with van der Waals surface area (Å²) in [4.78, 5) is 15.4. The molecule has 2 aliphatic carbocycles. The number of fused-ring (bicyclic) bond motifs is 3. The highest BCUT2D eigenvalue weighted by Gasteiger charge is 2.59. The van der Waals surface area contributed by atoms with Crippen LogP contribution < -0.4 is 4.74 Å². The number of alkyl halides is 3. The molecule has 3 aromatic rings. The second kappa shape index (κ2) is 7.32. The molecule has 0 bridgehead atoms. The predicted molar refractivity (Wildman–Crippen MR) is 106 cm³/mol. The first-order valence-corrected chi connectivity index (χ1v) is 10.0. The number of hydrogen-bond donors (Lipinski definition) is 1. The van der Waals surface area contributed by atoms with E-state index in [0.717, 1.165) is 23.3 Å². The number of benzene rings is 2. The number of aliphatic carboxylic acids is 1. The Hall–Kier alpha value is -3.42. The highest BCUT2D eigenvalue weighted by atomic mass is 19.4. The average Bonchev–Trinajstić information content (AvgIpc) is 3.35. The molecule has 3 unspecified atom stereocenters. The van der Waals surface area contributed by atoms with Gasteiger partial charge in [-0.1, -0.05) is 18.2 Å². The van der Waals surface area contributed by atoms with Crippen LogP contribution in [0.1, 0.15) is 28.2 Å². The molecule has 1 fully saturated rings. The third-order valence-electron chi connectivity index (χ3n) is 6.23. The summed E-state index contributed by atoms with van der Waals surface area (Å²) in [7, 11) is 0. The van der Waals surface area contributed by atoms with E-state index in [1.165, 1.54) is 30.3 Å². The zero-order valence-corrected chi connectivity index (χ0v) is 16.6. The molecule has 5 rings (SSSR count). The zero-order chi connectivity index (χ0) is 22.6. The van der Waals surface area contributed by atoms with Gasteiger partial charge in [0.05, 0.1) is 11.5 Å². The number of hydrogen-bond acceptors (Lipinski definition) is 3. The van der Waals surface area contributed by atoms with Crippen LogP contribution in [0.25, 0.3) is 11.1 Å². The molecule has 8 heteroatoms. The molecule has 1 saturated carbocycles. The Bertz CT molecular complexity index is 1210. The molecule has 0 spiro atoms. The number of carboxylic acids is 1. The van der Waals surface area contributed by atoms with E-state index in [1.54, 1.807) is 12.3 Å². The monoisotopic (exact) mass is 443 g/mol. The first kappa shape index (κ1) is 20.5. The smallest absolute Gasteiger partial charge is 0.416 e. The number of carbonyl (C=O) groups is 1. The summed E-state index contributed by atoms with van der Waals surface area (Å²) < 4.78 is 58.3. The summed E-state index contributed by atoms with van der Waals surface area (Å²) in [5.41, 5.74) is 2.54. The van der Waals surface area contributed by atoms with Gasteiger partial charge in [0.25, 0.3) is 0 Å². The van der Waals surface area contributed by atoms with Gasteiger partial charge in [-0.25, -0.2) is 9.37 Å². The summed E-state index contributed by atoms with van der Waals surface area (Å²) in [5, 5.41) is 9.20. The van der Waals surface area contributed by atoms with Crippen molar-refractivity contribution in [3.8, 4) is 17.0 Å².